The maximum atomic E-state index is 12.6. The Morgan fingerprint density at radius 3 is 2.57 bits per heavy atom. The Kier molecular flexibility index (Phi) is 5.06. The largest absolute Gasteiger partial charge is 0.497 e. The van der Waals surface area contributed by atoms with Crippen molar-refractivity contribution in [1.29, 1.82) is 0 Å². The number of piperidine rings is 1. The third-order valence-electron chi connectivity index (χ3n) is 5.10. The summed E-state index contributed by atoms with van der Waals surface area (Å²) in [6, 6.07) is 9.49. The van der Waals surface area contributed by atoms with Crippen LogP contribution in [0.15, 0.2) is 42.7 Å². The number of pyridine rings is 1. The van der Waals surface area contributed by atoms with Gasteiger partial charge in [0.2, 0.25) is 0 Å². The fourth-order valence-electron chi connectivity index (χ4n) is 3.48. The average Bonchev–Trinajstić information content (AvgIpc) is 2.74. The fraction of sp³-hybridized carbons (Fsp3) is 0.333. The maximum absolute atomic E-state index is 12.6. The van der Waals surface area contributed by atoms with E-state index in [1.807, 2.05) is 30.0 Å². The molecule has 0 unspecified atom stereocenters. The van der Waals surface area contributed by atoms with Crippen molar-refractivity contribution in [2.24, 2.45) is 0 Å². The zero-order chi connectivity index (χ0) is 19.5. The molecule has 144 valence electrons. The SMILES string of the molecule is COc1ccc2nc(NC3CCN(C(=O)c4ccncc4)CC3)c(C)nc2c1. The van der Waals surface area contributed by atoms with Gasteiger partial charge >= 0.3 is 0 Å². The second-order valence-corrected chi connectivity index (χ2v) is 6.96. The van der Waals surface area contributed by atoms with Crippen molar-refractivity contribution in [3.63, 3.8) is 0 Å². The molecule has 1 saturated heterocycles. The number of hydrogen-bond acceptors (Lipinski definition) is 6. The van der Waals surface area contributed by atoms with E-state index in [1.54, 1.807) is 31.6 Å². The van der Waals surface area contributed by atoms with Crippen molar-refractivity contribution in [2.75, 3.05) is 25.5 Å². The number of aryl methyl sites for hydroxylation is 1. The highest BCUT2D eigenvalue weighted by molar-refractivity contribution is 5.94. The topological polar surface area (TPSA) is 80.2 Å². The smallest absolute Gasteiger partial charge is 0.253 e. The molecule has 0 spiro atoms. The van der Waals surface area contributed by atoms with Gasteiger partial charge in [-0.15, -0.1) is 0 Å². The van der Waals surface area contributed by atoms with Gasteiger partial charge in [0.05, 0.1) is 23.8 Å². The summed E-state index contributed by atoms with van der Waals surface area (Å²) in [4.78, 5) is 27.8. The van der Waals surface area contributed by atoms with E-state index in [0.717, 1.165) is 54.2 Å². The van der Waals surface area contributed by atoms with Gasteiger partial charge in [0.15, 0.2) is 0 Å². The monoisotopic (exact) mass is 377 g/mol. The number of nitrogens with zero attached hydrogens (tertiary/aromatic N) is 4. The number of carbonyl (C=O) groups is 1. The number of aromatic nitrogens is 3. The van der Waals surface area contributed by atoms with Crippen molar-refractivity contribution in [1.82, 2.24) is 19.9 Å². The Morgan fingerprint density at radius 1 is 1.11 bits per heavy atom. The van der Waals surface area contributed by atoms with Gasteiger partial charge < -0.3 is 15.0 Å². The zero-order valence-corrected chi connectivity index (χ0v) is 16.1. The lowest BCUT2D eigenvalue weighted by Crippen LogP contribution is -2.42. The predicted molar refractivity (Wildman–Crippen MR) is 108 cm³/mol. The number of methoxy groups -OCH3 is 1. The van der Waals surface area contributed by atoms with E-state index in [1.165, 1.54) is 0 Å². The Hall–Kier alpha value is -3.22. The molecule has 3 aromatic rings. The van der Waals surface area contributed by atoms with Crippen molar-refractivity contribution in [3.05, 3.63) is 54.0 Å². The van der Waals surface area contributed by atoms with Crippen LogP contribution in [-0.4, -0.2) is 52.0 Å². The van der Waals surface area contributed by atoms with Gasteiger partial charge in [-0.1, -0.05) is 0 Å². The number of nitrogens with one attached hydrogen (secondary N) is 1. The molecule has 1 amide bonds. The number of fused-ring (bicyclic) bond motifs is 1. The number of carbonyl (C=O) groups excluding carboxylic acids is 1. The van der Waals surface area contributed by atoms with Gasteiger partial charge in [0.25, 0.3) is 5.91 Å². The zero-order valence-electron chi connectivity index (χ0n) is 16.1. The van der Waals surface area contributed by atoms with Gasteiger partial charge in [0, 0.05) is 43.2 Å². The van der Waals surface area contributed by atoms with Crippen molar-refractivity contribution in [2.45, 2.75) is 25.8 Å². The van der Waals surface area contributed by atoms with Gasteiger partial charge in [0.1, 0.15) is 11.6 Å². The quantitative estimate of drug-likeness (QED) is 0.753. The normalized spacial score (nSPS) is 14.9. The van der Waals surface area contributed by atoms with Crippen LogP contribution < -0.4 is 10.1 Å². The number of anilines is 1. The second kappa shape index (κ2) is 7.80. The molecule has 0 aliphatic carbocycles. The summed E-state index contributed by atoms with van der Waals surface area (Å²) in [5, 5.41) is 3.52. The lowest BCUT2D eigenvalue weighted by Gasteiger charge is -2.33. The molecule has 2 aromatic heterocycles. The summed E-state index contributed by atoms with van der Waals surface area (Å²) in [6.07, 6.45) is 5.05. The number of rotatable bonds is 4. The van der Waals surface area contributed by atoms with E-state index in [0.29, 0.717) is 5.56 Å². The first kappa shape index (κ1) is 18.2. The molecule has 0 saturated carbocycles. The van der Waals surface area contributed by atoms with Crippen LogP contribution >= 0.6 is 0 Å². The molecule has 4 rings (SSSR count). The van der Waals surface area contributed by atoms with Crippen LogP contribution in [0.3, 0.4) is 0 Å². The van der Waals surface area contributed by atoms with Gasteiger partial charge in [-0.3, -0.25) is 9.78 Å². The first-order valence-corrected chi connectivity index (χ1v) is 9.42. The fourth-order valence-corrected chi connectivity index (χ4v) is 3.48. The highest BCUT2D eigenvalue weighted by atomic mass is 16.5. The molecule has 0 radical (unpaired) electrons. The summed E-state index contributed by atoms with van der Waals surface area (Å²) < 4.78 is 5.26. The van der Waals surface area contributed by atoms with E-state index >= 15 is 0 Å². The molecule has 7 nitrogen and oxygen atoms in total. The van der Waals surface area contributed by atoms with Crippen LogP contribution in [-0.2, 0) is 0 Å². The van der Waals surface area contributed by atoms with Crippen molar-refractivity contribution < 1.29 is 9.53 Å². The molecule has 1 N–H and O–H groups in total. The molecule has 1 aliphatic heterocycles. The Morgan fingerprint density at radius 2 is 1.86 bits per heavy atom. The number of benzene rings is 1. The molecule has 3 heterocycles. The van der Waals surface area contributed by atoms with Crippen LogP contribution in [0.5, 0.6) is 5.75 Å². The Bertz CT molecular complexity index is 985. The van der Waals surface area contributed by atoms with Crippen molar-refractivity contribution in [3.8, 4) is 5.75 Å². The van der Waals surface area contributed by atoms with Crippen LogP contribution in [0.4, 0.5) is 5.82 Å². The number of amides is 1. The summed E-state index contributed by atoms with van der Waals surface area (Å²) >= 11 is 0. The Labute approximate surface area is 163 Å². The van der Waals surface area contributed by atoms with Crippen LogP contribution in [0.1, 0.15) is 28.9 Å². The van der Waals surface area contributed by atoms with Crippen LogP contribution in [0.25, 0.3) is 11.0 Å². The number of hydrogen-bond donors (Lipinski definition) is 1. The minimum absolute atomic E-state index is 0.0662. The lowest BCUT2D eigenvalue weighted by atomic mass is 10.0. The van der Waals surface area contributed by atoms with E-state index in [4.69, 9.17) is 9.72 Å². The highest BCUT2D eigenvalue weighted by Gasteiger charge is 2.24. The summed E-state index contributed by atoms with van der Waals surface area (Å²) in [5.74, 6) is 1.64. The summed E-state index contributed by atoms with van der Waals surface area (Å²) in [7, 11) is 1.64. The predicted octanol–water partition coefficient (Wildman–Crippen LogP) is 3.06. The molecule has 1 fully saturated rings. The molecule has 0 bridgehead atoms. The van der Waals surface area contributed by atoms with Crippen LogP contribution in [0.2, 0.25) is 0 Å². The minimum atomic E-state index is 0.0662. The second-order valence-electron chi connectivity index (χ2n) is 6.96. The minimum Gasteiger partial charge on any atom is -0.497 e. The van der Waals surface area contributed by atoms with Gasteiger partial charge in [-0.05, 0) is 44.0 Å². The molecule has 28 heavy (non-hydrogen) atoms. The van der Waals surface area contributed by atoms with E-state index in [2.05, 4.69) is 15.3 Å². The molecular formula is C21H23N5O2. The molecule has 1 aliphatic rings. The maximum Gasteiger partial charge on any atom is 0.253 e. The standard InChI is InChI=1S/C21H23N5O2/c1-14-20(25-18-4-3-17(28-2)13-19(18)23-14)24-16-7-11-26(12-8-16)21(27)15-5-9-22-10-6-15/h3-6,9-10,13,16H,7-8,11-12H2,1-2H3,(H,24,25). The highest BCUT2D eigenvalue weighted by Crippen LogP contribution is 2.23. The number of ether oxygens (including phenoxy) is 1. The molecule has 7 heteroatoms. The first-order valence-electron chi connectivity index (χ1n) is 9.42. The first-order chi connectivity index (χ1) is 13.6. The molecule has 0 atom stereocenters. The van der Waals surface area contributed by atoms with Gasteiger partial charge in [-0.2, -0.15) is 0 Å². The van der Waals surface area contributed by atoms with E-state index < -0.39 is 0 Å². The molecular weight excluding hydrogens is 354 g/mol. The van der Waals surface area contributed by atoms with Crippen LogP contribution in [0, 0.1) is 6.92 Å². The average molecular weight is 377 g/mol. The lowest BCUT2D eigenvalue weighted by molar-refractivity contribution is 0.0718. The van der Waals surface area contributed by atoms with Crippen molar-refractivity contribution >= 4 is 22.8 Å². The van der Waals surface area contributed by atoms with Gasteiger partial charge in [-0.25, -0.2) is 9.97 Å². The number of likely N-dealkylation sites (tertiary alicyclic amines) is 1. The third-order valence-corrected chi connectivity index (χ3v) is 5.10. The van der Waals surface area contributed by atoms with E-state index in [9.17, 15) is 4.79 Å². The third kappa shape index (κ3) is 3.74. The Balaban J connectivity index is 1.42. The molecule has 1 aromatic carbocycles. The summed E-state index contributed by atoms with van der Waals surface area (Å²) in [6.45, 7) is 3.39. The summed E-state index contributed by atoms with van der Waals surface area (Å²) in [5.41, 5.74) is 3.20. The van der Waals surface area contributed by atoms with E-state index in [-0.39, 0.29) is 11.9 Å².